The lowest BCUT2D eigenvalue weighted by Crippen LogP contribution is -2.52. The fraction of sp³-hybridized carbons (Fsp3) is 0.895. The van der Waals surface area contributed by atoms with Crippen LogP contribution in [0.4, 0.5) is 0 Å². The summed E-state index contributed by atoms with van der Waals surface area (Å²) in [5.74, 6) is -2.44. The summed E-state index contributed by atoms with van der Waals surface area (Å²) in [7, 11) is 0. The first kappa shape index (κ1) is 24.8. The molecule has 7 nitrogen and oxygen atoms in total. The monoisotopic (exact) mass is 374 g/mol. The second-order valence-electron chi connectivity index (χ2n) is 8.05. The zero-order valence-corrected chi connectivity index (χ0v) is 16.8. The molecule has 154 valence electrons. The number of hydrogen-bond donors (Lipinski definition) is 5. The van der Waals surface area contributed by atoms with Gasteiger partial charge in [0.2, 0.25) is 5.91 Å². The predicted octanol–water partition coefficient (Wildman–Crippen LogP) is 2.13. The van der Waals surface area contributed by atoms with Crippen LogP contribution < -0.4 is 10.8 Å². The molecule has 0 aliphatic heterocycles. The van der Waals surface area contributed by atoms with E-state index in [1.807, 2.05) is 20.8 Å². The minimum atomic E-state index is -1.63. The molecule has 0 bridgehead atoms. The summed E-state index contributed by atoms with van der Waals surface area (Å²) in [6.45, 7) is 7.58. The lowest BCUT2D eigenvalue weighted by molar-refractivity contribution is -0.146. The average Bonchev–Trinajstić information content (AvgIpc) is 2.59. The smallest absolute Gasteiger partial charge is 0.272 e. The van der Waals surface area contributed by atoms with E-state index in [1.54, 1.807) is 0 Å². The van der Waals surface area contributed by atoms with Gasteiger partial charge in [0.25, 0.3) is 5.91 Å². The van der Waals surface area contributed by atoms with Crippen molar-refractivity contribution in [3.63, 3.8) is 0 Å². The van der Waals surface area contributed by atoms with Gasteiger partial charge in [0.05, 0.1) is 18.6 Å². The summed E-state index contributed by atoms with van der Waals surface area (Å²) >= 11 is 0. The van der Waals surface area contributed by atoms with Crippen LogP contribution in [0.1, 0.15) is 79.1 Å². The van der Waals surface area contributed by atoms with Gasteiger partial charge in [-0.05, 0) is 11.8 Å². The quantitative estimate of drug-likeness (QED) is 0.192. The number of rotatable bonds is 13. The lowest BCUT2D eigenvalue weighted by atomic mass is 9.86. The molecule has 0 aliphatic rings. The summed E-state index contributed by atoms with van der Waals surface area (Å²) in [6.07, 6.45) is 6.14. The van der Waals surface area contributed by atoms with Crippen molar-refractivity contribution in [2.24, 2.45) is 11.3 Å². The van der Waals surface area contributed by atoms with Gasteiger partial charge in [-0.1, -0.05) is 72.6 Å². The third kappa shape index (κ3) is 9.50. The van der Waals surface area contributed by atoms with Gasteiger partial charge in [0.15, 0.2) is 0 Å². The van der Waals surface area contributed by atoms with Crippen LogP contribution in [0, 0.1) is 11.3 Å². The summed E-state index contributed by atoms with van der Waals surface area (Å²) in [5, 5.41) is 31.1. The minimum Gasteiger partial charge on any atom is -0.394 e. The number of carbonyl (C=O) groups is 2. The maximum atomic E-state index is 12.6. The van der Waals surface area contributed by atoms with Crippen LogP contribution in [0.25, 0.3) is 0 Å². The van der Waals surface area contributed by atoms with Crippen LogP contribution in [-0.2, 0) is 9.59 Å². The Labute approximate surface area is 157 Å². The summed E-state index contributed by atoms with van der Waals surface area (Å²) < 4.78 is 0. The van der Waals surface area contributed by atoms with E-state index < -0.39 is 29.9 Å². The zero-order chi connectivity index (χ0) is 20.2. The van der Waals surface area contributed by atoms with Crippen LogP contribution in [0.5, 0.6) is 0 Å². The number of aliphatic hydroxyl groups excluding tert-OH is 2. The molecule has 0 fully saturated rings. The summed E-state index contributed by atoms with van der Waals surface area (Å²) in [5.41, 5.74) is 1.04. The van der Waals surface area contributed by atoms with Gasteiger partial charge in [-0.3, -0.25) is 14.8 Å². The van der Waals surface area contributed by atoms with Gasteiger partial charge in [-0.25, -0.2) is 5.48 Å². The third-order valence-corrected chi connectivity index (χ3v) is 4.76. The van der Waals surface area contributed by atoms with Gasteiger partial charge in [0.1, 0.15) is 6.10 Å². The first-order chi connectivity index (χ1) is 12.2. The number of hydroxylamine groups is 1. The Morgan fingerprint density at radius 1 is 0.962 bits per heavy atom. The largest absolute Gasteiger partial charge is 0.394 e. The molecule has 0 rings (SSSR count). The molecule has 26 heavy (non-hydrogen) atoms. The molecular formula is C19H38N2O5. The van der Waals surface area contributed by atoms with E-state index in [0.717, 1.165) is 19.3 Å². The molecule has 2 amide bonds. The molecule has 0 saturated carbocycles. The molecule has 0 radical (unpaired) electrons. The van der Waals surface area contributed by atoms with Crippen molar-refractivity contribution in [1.82, 2.24) is 10.8 Å². The molecule has 0 spiro atoms. The Hall–Kier alpha value is -1.18. The van der Waals surface area contributed by atoms with Crippen LogP contribution in [0.15, 0.2) is 0 Å². The first-order valence-corrected chi connectivity index (χ1v) is 9.72. The normalized spacial score (nSPS) is 15.2. The summed E-state index contributed by atoms with van der Waals surface area (Å²) in [6, 6.07) is -0.490. The Bertz CT molecular complexity index is 409. The highest BCUT2D eigenvalue weighted by molar-refractivity contribution is 5.88. The maximum Gasteiger partial charge on any atom is 0.272 e. The van der Waals surface area contributed by atoms with Crippen molar-refractivity contribution < 1.29 is 25.0 Å². The van der Waals surface area contributed by atoms with Gasteiger partial charge in [-0.15, -0.1) is 0 Å². The molecule has 0 aromatic rings. The average molecular weight is 375 g/mol. The molecule has 0 saturated heterocycles. The minimum absolute atomic E-state index is 0.234. The predicted molar refractivity (Wildman–Crippen MR) is 101 cm³/mol. The van der Waals surface area contributed by atoms with Crippen molar-refractivity contribution in [3.05, 3.63) is 0 Å². The molecule has 0 aromatic carbocycles. The number of amides is 2. The molecule has 5 N–H and O–H groups in total. The van der Waals surface area contributed by atoms with E-state index in [2.05, 4.69) is 12.2 Å². The molecule has 0 unspecified atom stereocenters. The highest BCUT2D eigenvalue weighted by atomic mass is 16.5. The lowest BCUT2D eigenvalue weighted by Gasteiger charge is -2.32. The van der Waals surface area contributed by atoms with Crippen molar-refractivity contribution in [2.45, 2.75) is 91.2 Å². The first-order valence-electron chi connectivity index (χ1n) is 9.72. The van der Waals surface area contributed by atoms with Crippen LogP contribution in [0.2, 0.25) is 0 Å². The highest BCUT2D eigenvalue weighted by Crippen LogP contribution is 2.21. The Morgan fingerprint density at radius 2 is 1.50 bits per heavy atom. The van der Waals surface area contributed by atoms with Gasteiger partial charge in [-0.2, -0.15) is 0 Å². The Kier molecular flexibility index (Phi) is 12.5. The fourth-order valence-electron chi connectivity index (χ4n) is 2.82. The van der Waals surface area contributed by atoms with Crippen molar-refractivity contribution in [3.8, 4) is 0 Å². The van der Waals surface area contributed by atoms with E-state index in [-0.39, 0.29) is 12.0 Å². The van der Waals surface area contributed by atoms with Crippen LogP contribution >= 0.6 is 0 Å². The third-order valence-electron chi connectivity index (χ3n) is 4.76. The second kappa shape index (κ2) is 13.1. The number of aliphatic hydroxyl groups is 2. The number of unbranched alkanes of at least 4 members (excludes halogenated alkanes) is 6. The maximum absolute atomic E-state index is 12.6. The molecule has 0 heterocycles. The van der Waals surface area contributed by atoms with Crippen molar-refractivity contribution in [1.29, 1.82) is 0 Å². The van der Waals surface area contributed by atoms with E-state index in [1.165, 1.54) is 24.7 Å². The molecular weight excluding hydrogens is 336 g/mol. The van der Waals surface area contributed by atoms with Crippen molar-refractivity contribution in [2.75, 3.05) is 6.61 Å². The Morgan fingerprint density at radius 3 is 1.96 bits per heavy atom. The van der Waals surface area contributed by atoms with Gasteiger partial charge < -0.3 is 15.5 Å². The number of hydrogen-bond acceptors (Lipinski definition) is 5. The van der Waals surface area contributed by atoms with Crippen molar-refractivity contribution >= 4 is 11.8 Å². The van der Waals surface area contributed by atoms with Crippen LogP contribution in [0.3, 0.4) is 0 Å². The van der Waals surface area contributed by atoms with Gasteiger partial charge >= 0.3 is 0 Å². The Balaban J connectivity index is 4.74. The number of nitrogens with one attached hydrogen (secondary N) is 2. The molecule has 0 aliphatic carbocycles. The fourth-order valence-corrected chi connectivity index (χ4v) is 2.82. The van der Waals surface area contributed by atoms with E-state index in [4.69, 9.17) is 5.21 Å². The van der Waals surface area contributed by atoms with Gasteiger partial charge in [0, 0.05) is 0 Å². The van der Waals surface area contributed by atoms with E-state index >= 15 is 0 Å². The van der Waals surface area contributed by atoms with E-state index in [0.29, 0.717) is 12.8 Å². The second-order valence-corrected chi connectivity index (χ2v) is 8.05. The van der Waals surface area contributed by atoms with Crippen LogP contribution in [-0.4, -0.2) is 46.0 Å². The molecule has 7 heteroatoms. The highest BCUT2D eigenvalue weighted by Gasteiger charge is 2.34. The standard InChI is InChI=1S/C19H38N2O5/c1-5-6-7-8-9-10-11-12-14(16(23)18(25)21-26)17(24)20-15(13-22)19(2,3)4/h14-16,22-23,26H,5-13H2,1-4H3,(H,20,24)(H,21,25)/t14-,15-,16+/m1/s1. The van der Waals surface area contributed by atoms with E-state index in [9.17, 15) is 19.8 Å². The zero-order valence-electron chi connectivity index (χ0n) is 16.8. The SMILES string of the molecule is CCCCCCCCC[C@@H](C(=O)N[C@H](CO)C(C)(C)C)[C@H](O)C(=O)NO. The summed E-state index contributed by atoms with van der Waals surface area (Å²) in [4.78, 5) is 24.2. The molecule has 3 atom stereocenters. The molecule has 0 aromatic heterocycles. The number of carbonyl (C=O) groups excluding carboxylic acids is 2. The topological polar surface area (TPSA) is 119 Å².